The highest BCUT2D eigenvalue weighted by Crippen LogP contribution is 2.06. The number of hydrogen-bond donors (Lipinski definition) is 0. The SMILES string of the molecule is CCN(CC#N)C(=O)c1ccc(F)cc1. The first-order valence-electron chi connectivity index (χ1n) is 4.60. The van der Waals surface area contributed by atoms with Crippen LogP contribution in [0.25, 0.3) is 0 Å². The molecule has 0 fully saturated rings. The van der Waals surface area contributed by atoms with Gasteiger partial charge in [-0.05, 0) is 31.2 Å². The van der Waals surface area contributed by atoms with Gasteiger partial charge in [0.15, 0.2) is 0 Å². The summed E-state index contributed by atoms with van der Waals surface area (Å²) in [4.78, 5) is 13.1. The van der Waals surface area contributed by atoms with Gasteiger partial charge in [0.1, 0.15) is 12.4 Å². The summed E-state index contributed by atoms with van der Waals surface area (Å²) in [6, 6.07) is 7.20. The maximum Gasteiger partial charge on any atom is 0.254 e. The Morgan fingerprint density at radius 1 is 1.47 bits per heavy atom. The van der Waals surface area contributed by atoms with Crippen molar-refractivity contribution in [3.8, 4) is 6.07 Å². The van der Waals surface area contributed by atoms with E-state index in [4.69, 9.17) is 5.26 Å². The van der Waals surface area contributed by atoms with Gasteiger partial charge in [0.2, 0.25) is 0 Å². The van der Waals surface area contributed by atoms with Crippen molar-refractivity contribution < 1.29 is 9.18 Å². The van der Waals surface area contributed by atoms with Crippen molar-refractivity contribution in [3.63, 3.8) is 0 Å². The van der Waals surface area contributed by atoms with Crippen molar-refractivity contribution in [2.45, 2.75) is 6.92 Å². The van der Waals surface area contributed by atoms with Crippen LogP contribution in [0.15, 0.2) is 24.3 Å². The number of carbonyl (C=O) groups is 1. The molecule has 0 atom stereocenters. The maximum absolute atomic E-state index is 12.6. The number of benzene rings is 1. The van der Waals surface area contributed by atoms with Gasteiger partial charge in [-0.1, -0.05) is 0 Å². The van der Waals surface area contributed by atoms with Crippen LogP contribution in [-0.4, -0.2) is 23.9 Å². The molecule has 0 aliphatic heterocycles. The van der Waals surface area contributed by atoms with E-state index in [0.29, 0.717) is 12.1 Å². The molecule has 1 rings (SSSR count). The second-order valence-corrected chi connectivity index (χ2v) is 2.98. The van der Waals surface area contributed by atoms with Gasteiger partial charge in [0.05, 0.1) is 6.07 Å². The standard InChI is InChI=1S/C11H11FN2O/c1-2-14(8-7-13)11(15)9-3-5-10(12)6-4-9/h3-6H,2,8H2,1H3. The van der Waals surface area contributed by atoms with Crippen LogP contribution in [0, 0.1) is 17.1 Å². The lowest BCUT2D eigenvalue weighted by atomic mass is 10.2. The fourth-order valence-electron chi connectivity index (χ4n) is 1.19. The number of rotatable bonds is 3. The first-order chi connectivity index (χ1) is 7.19. The zero-order chi connectivity index (χ0) is 11.3. The molecule has 0 bridgehead atoms. The highest BCUT2D eigenvalue weighted by Gasteiger charge is 2.12. The molecule has 1 aromatic carbocycles. The number of nitrogens with zero attached hydrogens (tertiary/aromatic N) is 2. The number of hydrogen-bond acceptors (Lipinski definition) is 2. The summed E-state index contributed by atoms with van der Waals surface area (Å²) in [6.07, 6.45) is 0. The van der Waals surface area contributed by atoms with Crippen molar-refractivity contribution in [2.24, 2.45) is 0 Å². The molecule has 0 aliphatic carbocycles. The fraction of sp³-hybridized carbons (Fsp3) is 0.273. The third-order valence-corrected chi connectivity index (χ3v) is 2.02. The average molecular weight is 206 g/mol. The van der Waals surface area contributed by atoms with Crippen LogP contribution in [0.5, 0.6) is 0 Å². The van der Waals surface area contributed by atoms with Crippen LogP contribution in [0.4, 0.5) is 4.39 Å². The van der Waals surface area contributed by atoms with E-state index in [1.165, 1.54) is 29.2 Å². The van der Waals surface area contributed by atoms with E-state index in [9.17, 15) is 9.18 Å². The third kappa shape index (κ3) is 2.78. The van der Waals surface area contributed by atoms with Crippen molar-refractivity contribution in [3.05, 3.63) is 35.6 Å². The first-order valence-corrected chi connectivity index (χ1v) is 4.60. The summed E-state index contributed by atoms with van der Waals surface area (Å²) >= 11 is 0. The molecule has 0 heterocycles. The minimum atomic E-state index is -0.380. The van der Waals surface area contributed by atoms with Gasteiger partial charge in [-0.15, -0.1) is 0 Å². The van der Waals surface area contributed by atoms with Crippen molar-refractivity contribution in [1.82, 2.24) is 4.90 Å². The molecule has 1 amide bonds. The van der Waals surface area contributed by atoms with E-state index in [-0.39, 0.29) is 18.3 Å². The molecule has 0 aliphatic rings. The van der Waals surface area contributed by atoms with E-state index >= 15 is 0 Å². The number of carbonyl (C=O) groups excluding carboxylic acids is 1. The predicted molar refractivity (Wildman–Crippen MR) is 53.6 cm³/mol. The molecule has 3 nitrogen and oxygen atoms in total. The Labute approximate surface area is 87.7 Å². The summed E-state index contributed by atoms with van der Waals surface area (Å²) in [5.74, 6) is -0.631. The fourth-order valence-corrected chi connectivity index (χ4v) is 1.19. The van der Waals surface area contributed by atoms with Crippen molar-refractivity contribution >= 4 is 5.91 Å². The Hall–Kier alpha value is -1.89. The largest absolute Gasteiger partial charge is 0.326 e. The lowest BCUT2D eigenvalue weighted by Crippen LogP contribution is -2.31. The summed E-state index contributed by atoms with van der Waals surface area (Å²) in [5, 5.41) is 8.50. The van der Waals surface area contributed by atoms with Gasteiger partial charge in [-0.3, -0.25) is 4.79 Å². The summed E-state index contributed by atoms with van der Waals surface area (Å²) < 4.78 is 12.6. The number of amides is 1. The Kier molecular flexibility index (Phi) is 3.81. The minimum absolute atomic E-state index is 0.0483. The van der Waals surface area contributed by atoms with Crippen LogP contribution in [0.3, 0.4) is 0 Å². The Morgan fingerprint density at radius 2 is 2.07 bits per heavy atom. The Balaban J connectivity index is 2.84. The van der Waals surface area contributed by atoms with E-state index in [0.717, 1.165) is 0 Å². The highest BCUT2D eigenvalue weighted by molar-refractivity contribution is 5.94. The molecule has 4 heteroatoms. The molecule has 78 valence electrons. The van der Waals surface area contributed by atoms with E-state index in [2.05, 4.69) is 0 Å². The topological polar surface area (TPSA) is 44.1 Å². The second-order valence-electron chi connectivity index (χ2n) is 2.98. The van der Waals surface area contributed by atoms with E-state index in [1.807, 2.05) is 6.07 Å². The van der Waals surface area contributed by atoms with Gasteiger partial charge < -0.3 is 4.90 Å². The van der Waals surface area contributed by atoms with Crippen LogP contribution < -0.4 is 0 Å². The van der Waals surface area contributed by atoms with Crippen LogP contribution in [0.2, 0.25) is 0 Å². The minimum Gasteiger partial charge on any atom is -0.326 e. The van der Waals surface area contributed by atoms with Gasteiger partial charge in [0, 0.05) is 12.1 Å². The molecule has 15 heavy (non-hydrogen) atoms. The smallest absolute Gasteiger partial charge is 0.254 e. The van der Waals surface area contributed by atoms with Crippen LogP contribution in [-0.2, 0) is 0 Å². The number of halogens is 1. The van der Waals surface area contributed by atoms with Crippen LogP contribution >= 0.6 is 0 Å². The molecular weight excluding hydrogens is 195 g/mol. The van der Waals surface area contributed by atoms with E-state index in [1.54, 1.807) is 6.92 Å². The quantitative estimate of drug-likeness (QED) is 0.708. The predicted octanol–water partition coefficient (Wildman–Crippen LogP) is 1.81. The third-order valence-electron chi connectivity index (χ3n) is 2.02. The summed E-state index contributed by atoms with van der Waals surface area (Å²) in [5.41, 5.74) is 0.397. The lowest BCUT2D eigenvalue weighted by Gasteiger charge is -2.16. The molecule has 0 saturated carbocycles. The maximum atomic E-state index is 12.6. The second kappa shape index (κ2) is 5.11. The first kappa shape index (κ1) is 11.2. The van der Waals surface area contributed by atoms with E-state index < -0.39 is 0 Å². The zero-order valence-electron chi connectivity index (χ0n) is 8.40. The average Bonchev–Trinajstić information content (AvgIpc) is 2.26. The summed E-state index contributed by atoms with van der Waals surface area (Å²) in [7, 11) is 0. The van der Waals surface area contributed by atoms with Gasteiger partial charge >= 0.3 is 0 Å². The molecule has 0 unspecified atom stereocenters. The molecule has 0 saturated heterocycles. The highest BCUT2D eigenvalue weighted by atomic mass is 19.1. The van der Waals surface area contributed by atoms with Gasteiger partial charge in [-0.2, -0.15) is 5.26 Å². The van der Waals surface area contributed by atoms with Crippen LogP contribution in [0.1, 0.15) is 17.3 Å². The zero-order valence-corrected chi connectivity index (χ0v) is 8.40. The van der Waals surface area contributed by atoms with Crippen molar-refractivity contribution in [2.75, 3.05) is 13.1 Å². The lowest BCUT2D eigenvalue weighted by molar-refractivity contribution is 0.0784. The molecule has 1 aromatic rings. The molecule has 0 N–H and O–H groups in total. The molecule has 0 spiro atoms. The van der Waals surface area contributed by atoms with Crippen molar-refractivity contribution in [1.29, 1.82) is 5.26 Å². The Bertz CT molecular complexity index is 381. The summed E-state index contributed by atoms with van der Waals surface area (Å²) in [6.45, 7) is 2.30. The monoisotopic (exact) mass is 206 g/mol. The number of nitriles is 1. The van der Waals surface area contributed by atoms with Gasteiger partial charge in [0.25, 0.3) is 5.91 Å². The van der Waals surface area contributed by atoms with Gasteiger partial charge in [-0.25, -0.2) is 4.39 Å². The molecule has 0 radical (unpaired) electrons. The molecular formula is C11H11FN2O. The molecule has 0 aromatic heterocycles. The Morgan fingerprint density at radius 3 is 2.53 bits per heavy atom. The normalized spacial score (nSPS) is 9.40.